The van der Waals surface area contributed by atoms with Crippen LogP contribution in [0.2, 0.25) is 0 Å². The number of alkyl halides is 3. The number of halogens is 3. The van der Waals surface area contributed by atoms with Gasteiger partial charge in [0.2, 0.25) is 10.0 Å². The second kappa shape index (κ2) is 9.75. The summed E-state index contributed by atoms with van der Waals surface area (Å²) in [7, 11) is -2.37. The lowest BCUT2D eigenvalue weighted by molar-refractivity contribution is -0.169. The van der Waals surface area contributed by atoms with Crippen LogP contribution in [0.15, 0.2) is 12.3 Å². The Bertz CT molecular complexity index is 526. The molecule has 10 heteroatoms. The van der Waals surface area contributed by atoms with Crippen molar-refractivity contribution in [3.63, 3.8) is 0 Å². The van der Waals surface area contributed by atoms with Gasteiger partial charge in [0, 0.05) is 39.5 Å². The maximum atomic E-state index is 12.5. The van der Waals surface area contributed by atoms with Gasteiger partial charge in [-0.3, -0.25) is 0 Å². The zero-order chi connectivity index (χ0) is 19.1. The lowest BCUT2D eigenvalue weighted by Crippen LogP contribution is -2.40. The molecule has 0 bridgehead atoms. The van der Waals surface area contributed by atoms with Crippen LogP contribution in [0.3, 0.4) is 0 Å². The summed E-state index contributed by atoms with van der Waals surface area (Å²) < 4.78 is 68.8. The quantitative estimate of drug-likeness (QED) is 0.587. The van der Waals surface area contributed by atoms with Crippen molar-refractivity contribution in [1.29, 1.82) is 0 Å². The Balaban J connectivity index is 2.52. The molecule has 25 heavy (non-hydrogen) atoms. The highest BCUT2D eigenvalue weighted by Crippen LogP contribution is 2.28. The first kappa shape index (κ1) is 22.2. The summed E-state index contributed by atoms with van der Waals surface area (Å²) in [5.41, 5.74) is 3.11. The van der Waals surface area contributed by atoms with Crippen molar-refractivity contribution >= 4 is 10.0 Å². The summed E-state index contributed by atoms with van der Waals surface area (Å²) in [6.45, 7) is 4.78. The molecule has 1 unspecified atom stereocenters. The van der Waals surface area contributed by atoms with Crippen LogP contribution < -0.4 is 5.43 Å². The molecule has 2 atom stereocenters. The SMILES string of the molecule is CCO[C@@H](CCN1C=CCN1)CN(C)S(=O)(=O)CCC(C)C(F)(F)F. The maximum absolute atomic E-state index is 12.5. The number of ether oxygens (including phenoxy) is 1. The molecule has 0 aliphatic carbocycles. The Morgan fingerprint density at radius 1 is 1.36 bits per heavy atom. The van der Waals surface area contributed by atoms with Gasteiger partial charge in [0.05, 0.1) is 17.8 Å². The number of hydrogen-bond acceptors (Lipinski definition) is 5. The van der Waals surface area contributed by atoms with Gasteiger partial charge < -0.3 is 9.75 Å². The molecule has 0 radical (unpaired) electrons. The first-order chi connectivity index (χ1) is 11.6. The fraction of sp³-hybridized carbons (Fsp3) is 0.867. The molecular weight excluding hydrogens is 359 g/mol. The number of sulfonamides is 1. The van der Waals surface area contributed by atoms with E-state index in [1.807, 2.05) is 24.2 Å². The summed E-state index contributed by atoms with van der Waals surface area (Å²) in [5.74, 6) is -2.18. The third-order valence-corrected chi connectivity index (χ3v) is 5.95. The Labute approximate surface area is 148 Å². The van der Waals surface area contributed by atoms with Gasteiger partial charge in [-0.25, -0.2) is 18.1 Å². The fourth-order valence-electron chi connectivity index (χ4n) is 2.35. The van der Waals surface area contributed by atoms with Crippen molar-refractivity contribution in [2.24, 2.45) is 5.92 Å². The van der Waals surface area contributed by atoms with Gasteiger partial charge in [-0.05, 0) is 19.8 Å². The predicted octanol–water partition coefficient (Wildman–Crippen LogP) is 1.97. The Hall–Kier alpha value is -0.840. The minimum Gasteiger partial charge on any atom is -0.377 e. The molecule has 0 aromatic heterocycles. The van der Waals surface area contributed by atoms with E-state index >= 15 is 0 Å². The van der Waals surface area contributed by atoms with Crippen LogP contribution in [0.4, 0.5) is 13.2 Å². The van der Waals surface area contributed by atoms with Crippen molar-refractivity contribution in [1.82, 2.24) is 14.7 Å². The van der Waals surface area contributed by atoms with E-state index in [0.717, 1.165) is 17.8 Å². The van der Waals surface area contributed by atoms with Crippen LogP contribution >= 0.6 is 0 Å². The summed E-state index contributed by atoms with van der Waals surface area (Å²) in [6.07, 6.45) is -0.670. The second-order valence-corrected chi connectivity index (χ2v) is 8.33. The molecule has 0 aromatic carbocycles. The summed E-state index contributed by atoms with van der Waals surface area (Å²) in [6, 6.07) is 0. The lowest BCUT2D eigenvalue weighted by Gasteiger charge is -2.26. The average Bonchev–Trinajstić information content (AvgIpc) is 3.02. The van der Waals surface area contributed by atoms with E-state index in [1.165, 1.54) is 7.05 Å². The highest BCUT2D eigenvalue weighted by atomic mass is 32.2. The summed E-state index contributed by atoms with van der Waals surface area (Å²) in [5, 5.41) is 1.89. The first-order valence-corrected chi connectivity index (χ1v) is 9.96. The van der Waals surface area contributed by atoms with E-state index in [2.05, 4.69) is 5.43 Å². The molecule has 1 rings (SSSR count). The zero-order valence-electron chi connectivity index (χ0n) is 14.9. The first-order valence-electron chi connectivity index (χ1n) is 8.35. The molecule has 0 spiro atoms. The van der Waals surface area contributed by atoms with Crippen LogP contribution in [-0.2, 0) is 14.8 Å². The zero-order valence-corrected chi connectivity index (χ0v) is 15.7. The molecule has 148 valence electrons. The Morgan fingerprint density at radius 3 is 2.56 bits per heavy atom. The standard InChI is InChI=1S/C15H28F3N3O3S/c1-4-24-14(6-10-21-9-5-8-19-21)12-20(3)25(22,23)11-7-13(2)15(16,17)18/h5,9,13-14,19H,4,6-8,10-12H2,1-3H3/t13?,14-/m0/s1. The normalized spacial score (nSPS) is 18.1. The van der Waals surface area contributed by atoms with Gasteiger partial charge in [-0.1, -0.05) is 13.0 Å². The van der Waals surface area contributed by atoms with Crippen LogP contribution in [-0.4, -0.2) is 69.1 Å². The van der Waals surface area contributed by atoms with Gasteiger partial charge >= 0.3 is 6.18 Å². The molecule has 0 aromatic rings. The molecule has 6 nitrogen and oxygen atoms in total. The highest BCUT2D eigenvalue weighted by molar-refractivity contribution is 7.89. The smallest absolute Gasteiger partial charge is 0.377 e. The van der Waals surface area contributed by atoms with Crippen molar-refractivity contribution in [3.05, 3.63) is 12.3 Å². The van der Waals surface area contributed by atoms with Gasteiger partial charge in [-0.15, -0.1) is 0 Å². The third-order valence-electron chi connectivity index (χ3n) is 4.10. The van der Waals surface area contributed by atoms with E-state index in [0.29, 0.717) is 19.6 Å². The highest BCUT2D eigenvalue weighted by Gasteiger charge is 2.37. The van der Waals surface area contributed by atoms with Crippen molar-refractivity contribution < 1.29 is 26.3 Å². The molecular formula is C15H28F3N3O3S. The predicted molar refractivity (Wildman–Crippen MR) is 90.1 cm³/mol. The molecule has 1 N–H and O–H groups in total. The van der Waals surface area contributed by atoms with Crippen molar-refractivity contribution in [3.8, 4) is 0 Å². The summed E-state index contributed by atoms with van der Waals surface area (Å²) in [4.78, 5) is 0. The van der Waals surface area contributed by atoms with Gasteiger partial charge in [-0.2, -0.15) is 13.2 Å². The van der Waals surface area contributed by atoms with Crippen LogP contribution in [0.1, 0.15) is 26.7 Å². The van der Waals surface area contributed by atoms with Gasteiger partial charge in [0.15, 0.2) is 0 Å². The number of nitrogens with zero attached hydrogens (tertiary/aromatic N) is 2. The number of hydrogen-bond donors (Lipinski definition) is 1. The maximum Gasteiger partial charge on any atom is 0.391 e. The molecule has 1 heterocycles. The van der Waals surface area contributed by atoms with Crippen molar-refractivity contribution in [2.75, 3.05) is 39.0 Å². The number of likely N-dealkylation sites (N-methyl/N-ethyl adjacent to an activating group) is 1. The van der Waals surface area contributed by atoms with E-state index < -0.39 is 34.3 Å². The molecule has 0 saturated heterocycles. The molecule has 0 saturated carbocycles. The van der Waals surface area contributed by atoms with Crippen molar-refractivity contribution in [2.45, 2.75) is 39.0 Å². The lowest BCUT2D eigenvalue weighted by atomic mass is 10.1. The second-order valence-electron chi connectivity index (χ2n) is 6.13. The Kier molecular flexibility index (Phi) is 8.66. The van der Waals surface area contributed by atoms with Crippen LogP contribution in [0, 0.1) is 5.92 Å². The topological polar surface area (TPSA) is 61.9 Å². The van der Waals surface area contributed by atoms with Gasteiger partial charge in [0.1, 0.15) is 0 Å². The molecule has 1 aliphatic heterocycles. The van der Waals surface area contributed by atoms with E-state index in [1.54, 1.807) is 0 Å². The minimum atomic E-state index is -4.38. The fourth-order valence-corrected chi connectivity index (χ4v) is 3.70. The van der Waals surface area contributed by atoms with E-state index in [9.17, 15) is 21.6 Å². The minimum absolute atomic E-state index is 0.119. The number of nitrogens with one attached hydrogen (secondary N) is 1. The summed E-state index contributed by atoms with van der Waals surface area (Å²) >= 11 is 0. The Morgan fingerprint density at radius 2 is 2.04 bits per heavy atom. The molecule has 0 amide bonds. The molecule has 0 fully saturated rings. The molecule has 1 aliphatic rings. The largest absolute Gasteiger partial charge is 0.391 e. The van der Waals surface area contributed by atoms with Gasteiger partial charge in [0.25, 0.3) is 0 Å². The van der Waals surface area contributed by atoms with E-state index in [4.69, 9.17) is 4.74 Å². The third kappa shape index (κ3) is 7.93. The van der Waals surface area contributed by atoms with Crippen LogP contribution in [0.5, 0.6) is 0 Å². The number of rotatable bonds is 11. The average molecular weight is 387 g/mol. The monoisotopic (exact) mass is 387 g/mol. The van der Waals surface area contributed by atoms with Crippen LogP contribution in [0.25, 0.3) is 0 Å². The number of hydrazine groups is 1. The van der Waals surface area contributed by atoms with E-state index in [-0.39, 0.29) is 12.6 Å².